The number of carbonyl (C=O) groups excluding carboxylic acids is 1. The molecular weight excluding hydrogens is 244 g/mol. The highest BCUT2D eigenvalue weighted by Gasteiger charge is 2.22. The molecule has 0 radical (unpaired) electrons. The Bertz CT molecular complexity index is 587. The van der Waals surface area contributed by atoms with Gasteiger partial charge in [-0.15, -0.1) is 0 Å². The van der Waals surface area contributed by atoms with Gasteiger partial charge in [0.15, 0.2) is 11.5 Å². The van der Waals surface area contributed by atoms with E-state index in [1.165, 1.54) is 6.33 Å². The molecule has 0 aromatic carbocycles. The maximum Gasteiger partial charge on any atom is 0.222 e. The van der Waals surface area contributed by atoms with E-state index >= 15 is 0 Å². The van der Waals surface area contributed by atoms with Crippen molar-refractivity contribution in [3.05, 3.63) is 12.7 Å². The minimum Gasteiger partial charge on any atom is -0.351 e. The Morgan fingerprint density at radius 1 is 1.26 bits per heavy atom. The molecule has 7 heteroatoms. The third-order valence-corrected chi connectivity index (χ3v) is 3.44. The fraction of sp³-hybridized carbons (Fsp3) is 0.500. The van der Waals surface area contributed by atoms with Crippen molar-refractivity contribution in [3.8, 4) is 0 Å². The first-order valence-corrected chi connectivity index (χ1v) is 6.46. The summed E-state index contributed by atoms with van der Waals surface area (Å²) < 4.78 is 0. The normalized spacial score (nSPS) is 16.1. The van der Waals surface area contributed by atoms with Gasteiger partial charge in [0.1, 0.15) is 11.8 Å². The van der Waals surface area contributed by atoms with Crippen LogP contribution < -0.4 is 4.90 Å². The molecule has 0 atom stereocenters. The molecule has 0 aliphatic carbocycles. The van der Waals surface area contributed by atoms with Crippen molar-refractivity contribution in [2.45, 2.75) is 13.3 Å². The van der Waals surface area contributed by atoms with Gasteiger partial charge in [0.05, 0.1) is 6.33 Å². The van der Waals surface area contributed by atoms with E-state index in [9.17, 15) is 4.79 Å². The number of carbonyl (C=O) groups is 1. The summed E-state index contributed by atoms with van der Waals surface area (Å²) in [6.45, 7) is 4.96. The van der Waals surface area contributed by atoms with Gasteiger partial charge in [-0.1, -0.05) is 6.92 Å². The first-order chi connectivity index (χ1) is 9.29. The fourth-order valence-electron chi connectivity index (χ4n) is 2.38. The van der Waals surface area contributed by atoms with Gasteiger partial charge < -0.3 is 14.8 Å². The molecule has 7 nitrogen and oxygen atoms in total. The fourth-order valence-corrected chi connectivity index (χ4v) is 2.38. The van der Waals surface area contributed by atoms with Crippen molar-refractivity contribution in [2.24, 2.45) is 0 Å². The van der Waals surface area contributed by atoms with Crippen molar-refractivity contribution < 1.29 is 4.79 Å². The molecule has 19 heavy (non-hydrogen) atoms. The van der Waals surface area contributed by atoms with Crippen molar-refractivity contribution in [2.75, 3.05) is 31.1 Å². The summed E-state index contributed by atoms with van der Waals surface area (Å²) in [7, 11) is 0. The molecule has 3 heterocycles. The third kappa shape index (κ3) is 2.11. The Hall–Kier alpha value is -2.18. The number of H-pyrrole nitrogens is 1. The first kappa shape index (κ1) is 11.9. The zero-order chi connectivity index (χ0) is 13.2. The van der Waals surface area contributed by atoms with Gasteiger partial charge in [-0.25, -0.2) is 15.0 Å². The summed E-state index contributed by atoms with van der Waals surface area (Å²) >= 11 is 0. The highest BCUT2D eigenvalue weighted by atomic mass is 16.2. The van der Waals surface area contributed by atoms with Crippen LogP contribution in [0.3, 0.4) is 0 Å². The van der Waals surface area contributed by atoms with Crippen molar-refractivity contribution in [1.82, 2.24) is 24.8 Å². The van der Waals surface area contributed by atoms with Crippen LogP contribution in [0.25, 0.3) is 11.2 Å². The molecule has 1 aliphatic heterocycles. The molecule has 3 rings (SSSR count). The largest absolute Gasteiger partial charge is 0.351 e. The highest BCUT2D eigenvalue weighted by Crippen LogP contribution is 2.20. The first-order valence-electron chi connectivity index (χ1n) is 6.46. The van der Waals surface area contributed by atoms with Crippen LogP contribution in [0.4, 0.5) is 5.82 Å². The lowest BCUT2D eigenvalue weighted by atomic mass is 10.3. The van der Waals surface area contributed by atoms with E-state index in [0.717, 1.165) is 37.5 Å². The van der Waals surface area contributed by atoms with Crippen LogP contribution in [0.1, 0.15) is 13.3 Å². The number of piperazine rings is 1. The maximum absolute atomic E-state index is 11.6. The molecule has 1 amide bonds. The van der Waals surface area contributed by atoms with Crippen LogP contribution in [0.2, 0.25) is 0 Å². The van der Waals surface area contributed by atoms with E-state index in [1.54, 1.807) is 6.33 Å². The van der Waals surface area contributed by atoms with E-state index < -0.39 is 0 Å². The minimum absolute atomic E-state index is 0.217. The lowest BCUT2D eigenvalue weighted by Gasteiger charge is -2.35. The van der Waals surface area contributed by atoms with Gasteiger partial charge >= 0.3 is 0 Å². The number of imidazole rings is 1. The third-order valence-electron chi connectivity index (χ3n) is 3.44. The average Bonchev–Trinajstić information content (AvgIpc) is 2.95. The highest BCUT2D eigenvalue weighted by molar-refractivity contribution is 5.83. The topological polar surface area (TPSA) is 78.0 Å². The van der Waals surface area contributed by atoms with Crippen LogP contribution in [-0.2, 0) is 4.79 Å². The second-order valence-corrected chi connectivity index (χ2v) is 4.52. The summed E-state index contributed by atoms with van der Waals surface area (Å²) in [5, 5.41) is 0. The predicted octanol–water partition coefficient (Wildman–Crippen LogP) is 0.411. The minimum atomic E-state index is 0.217. The van der Waals surface area contributed by atoms with Gasteiger partial charge in [-0.05, 0) is 0 Å². The van der Waals surface area contributed by atoms with Crippen LogP contribution in [0, 0.1) is 0 Å². The number of anilines is 1. The molecule has 0 bridgehead atoms. The number of nitrogens with zero attached hydrogens (tertiary/aromatic N) is 5. The standard InChI is InChI=1S/C12H16N6O/c1-2-9(19)17-3-5-18(6-4-17)12-10-11(14-7-13-10)15-8-16-12/h7-8H,2-6H2,1H3,(H,13,14,15,16). The molecule has 0 saturated carbocycles. The molecule has 0 unspecified atom stereocenters. The lowest BCUT2D eigenvalue weighted by molar-refractivity contribution is -0.131. The van der Waals surface area contributed by atoms with E-state index in [-0.39, 0.29) is 5.91 Å². The summed E-state index contributed by atoms with van der Waals surface area (Å²) in [4.78, 5) is 31.4. The summed E-state index contributed by atoms with van der Waals surface area (Å²) in [5.41, 5.74) is 1.54. The predicted molar refractivity (Wildman–Crippen MR) is 70.8 cm³/mol. The number of hydrogen-bond donors (Lipinski definition) is 1. The Kier molecular flexibility index (Phi) is 3.02. The lowest BCUT2D eigenvalue weighted by Crippen LogP contribution is -2.48. The maximum atomic E-state index is 11.6. The van der Waals surface area contributed by atoms with Crippen LogP contribution in [0.15, 0.2) is 12.7 Å². The molecule has 2 aromatic rings. The number of amides is 1. The molecule has 100 valence electrons. The van der Waals surface area contributed by atoms with Crippen LogP contribution >= 0.6 is 0 Å². The molecule has 1 N–H and O–H groups in total. The van der Waals surface area contributed by atoms with Gasteiger partial charge in [0.2, 0.25) is 5.91 Å². The SMILES string of the molecule is CCC(=O)N1CCN(c2ncnc3nc[nH]c23)CC1. The van der Waals surface area contributed by atoms with Crippen LogP contribution in [-0.4, -0.2) is 56.9 Å². The second-order valence-electron chi connectivity index (χ2n) is 4.52. The van der Waals surface area contributed by atoms with E-state index in [2.05, 4.69) is 24.8 Å². The van der Waals surface area contributed by atoms with E-state index in [0.29, 0.717) is 12.1 Å². The van der Waals surface area contributed by atoms with E-state index in [1.807, 2.05) is 11.8 Å². The van der Waals surface area contributed by atoms with Gasteiger partial charge in [0.25, 0.3) is 0 Å². The average molecular weight is 260 g/mol. The van der Waals surface area contributed by atoms with Gasteiger partial charge in [-0.2, -0.15) is 0 Å². The van der Waals surface area contributed by atoms with Crippen molar-refractivity contribution >= 4 is 22.9 Å². The van der Waals surface area contributed by atoms with Gasteiger partial charge in [-0.3, -0.25) is 4.79 Å². The number of aromatic nitrogens is 4. The molecule has 1 saturated heterocycles. The Morgan fingerprint density at radius 3 is 2.79 bits per heavy atom. The molecule has 0 spiro atoms. The monoisotopic (exact) mass is 260 g/mol. The quantitative estimate of drug-likeness (QED) is 0.846. The Balaban J connectivity index is 1.78. The summed E-state index contributed by atoms with van der Waals surface area (Å²) in [5.74, 6) is 1.08. The van der Waals surface area contributed by atoms with Crippen molar-refractivity contribution in [1.29, 1.82) is 0 Å². The molecular formula is C12H16N6O. The number of rotatable bonds is 2. The molecule has 1 fully saturated rings. The molecule has 1 aliphatic rings. The van der Waals surface area contributed by atoms with Crippen molar-refractivity contribution in [3.63, 3.8) is 0 Å². The number of nitrogens with one attached hydrogen (secondary N) is 1. The van der Waals surface area contributed by atoms with Gasteiger partial charge in [0, 0.05) is 32.6 Å². The number of aromatic amines is 1. The van der Waals surface area contributed by atoms with Crippen LogP contribution in [0.5, 0.6) is 0 Å². The Labute approximate surface area is 110 Å². The summed E-state index contributed by atoms with van der Waals surface area (Å²) in [6, 6.07) is 0. The summed E-state index contributed by atoms with van der Waals surface area (Å²) in [6.07, 6.45) is 3.72. The zero-order valence-corrected chi connectivity index (χ0v) is 10.8. The molecule has 2 aromatic heterocycles. The number of fused-ring (bicyclic) bond motifs is 1. The smallest absolute Gasteiger partial charge is 0.222 e. The van der Waals surface area contributed by atoms with E-state index in [4.69, 9.17) is 0 Å². The Morgan fingerprint density at radius 2 is 2.05 bits per heavy atom. The zero-order valence-electron chi connectivity index (χ0n) is 10.8. The second kappa shape index (κ2) is 4.83. The number of hydrogen-bond acceptors (Lipinski definition) is 5.